The summed E-state index contributed by atoms with van der Waals surface area (Å²) in [4.78, 5) is 22.0. The largest absolute Gasteiger partial charge is 0.469 e. The third kappa shape index (κ3) is 3.20. The number of aliphatic hydroxyl groups is 1. The molecule has 0 bridgehead atoms. The van der Waals surface area contributed by atoms with Gasteiger partial charge in [0.1, 0.15) is 6.10 Å². The predicted molar refractivity (Wildman–Crippen MR) is 50.9 cm³/mol. The molecule has 0 aromatic rings. The zero-order valence-electron chi connectivity index (χ0n) is 8.93. The molecule has 5 heteroatoms. The molecule has 1 aliphatic rings. The second kappa shape index (κ2) is 5.11. The molecule has 5 nitrogen and oxygen atoms in total. The Morgan fingerprint density at radius 3 is 2.53 bits per heavy atom. The minimum absolute atomic E-state index is 0.275. The molecule has 86 valence electrons. The summed E-state index contributed by atoms with van der Waals surface area (Å²) in [5, 5.41) is 9.56. The minimum Gasteiger partial charge on any atom is -0.469 e. The molecule has 0 heterocycles. The number of aliphatic hydroxyl groups excluding tert-OH is 1. The highest BCUT2D eigenvalue weighted by atomic mass is 16.6. The van der Waals surface area contributed by atoms with Gasteiger partial charge in [0.05, 0.1) is 19.1 Å². The van der Waals surface area contributed by atoms with Gasteiger partial charge in [-0.2, -0.15) is 0 Å². The Labute approximate surface area is 88.4 Å². The molecule has 1 aliphatic carbocycles. The van der Waals surface area contributed by atoms with Crippen LogP contribution in [0.25, 0.3) is 0 Å². The van der Waals surface area contributed by atoms with Crippen molar-refractivity contribution in [2.75, 3.05) is 7.11 Å². The Balaban J connectivity index is 2.55. The fourth-order valence-electron chi connectivity index (χ4n) is 1.83. The smallest absolute Gasteiger partial charge is 0.308 e. The first-order valence-corrected chi connectivity index (χ1v) is 4.97. The van der Waals surface area contributed by atoms with Crippen molar-refractivity contribution in [3.8, 4) is 0 Å². The van der Waals surface area contributed by atoms with E-state index in [0.717, 1.165) is 0 Å². The molecule has 0 saturated heterocycles. The highest BCUT2D eigenvalue weighted by Crippen LogP contribution is 2.27. The maximum absolute atomic E-state index is 11.3. The zero-order valence-corrected chi connectivity index (χ0v) is 8.93. The number of methoxy groups -OCH3 is 1. The van der Waals surface area contributed by atoms with Crippen LogP contribution in [-0.2, 0) is 19.1 Å². The van der Waals surface area contributed by atoms with Crippen LogP contribution in [0.15, 0.2) is 0 Å². The SMILES string of the molecule is COC(=O)[C@H]1CC[C@@H](O)[C@H](OC(C)=O)C1. The maximum Gasteiger partial charge on any atom is 0.308 e. The van der Waals surface area contributed by atoms with Gasteiger partial charge in [0, 0.05) is 13.3 Å². The van der Waals surface area contributed by atoms with E-state index in [9.17, 15) is 14.7 Å². The summed E-state index contributed by atoms with van der Waals surface area (Å²) in [7, 11) is 1.33. The third-order valence-corrected chi connectivity index (χ3v) is 2.61. The molecule has 1 fully saturated rings. The van der Waals surface area contributed by atoms with Crippen molar-refractivity contribution in [2.45, 2.75) is 38.4 Å². The molecule has 0 aromatic carbocycles. The number of hydrogen-bond donors (Lipinski definition) is 1. The van der Waals surface area contributed by atoms with E-state index >= 15 is 0 Å². The van der Waals surface area contributed by atoms with E-state index in [1.165, 1.54) is 14.0 Å². The van der Waals surface area contributed by atoms with Crippen LogP contribution in [0.1, 0.15) is 26.2 Å². The molecule has 0 amide bonds. The van der Waals surface area contributed by atoms with E-state index in [1.807, 2.05) is 0 Å². The second-order valence-corrected chi connectivity index (χ2v) is 3.75. The summed E-state index contributed by atoms with van der Waals surface area (Å²) in [5.74, 6) is -1.02. The number of hydrogen-bond acceptors (Lipinski definition) is 5. The lowest BCUT2D eigenvalue weighted by atomic mass is 9.85. The predicted octanol–water partition coefficient (Wildman–Crippen LogP) is 0.252. The van der Waals surface area contributed by atoms with Crippen LogP contribution in [0, 0.1) is 5.92 Å². The highest BCUT2D eigenvalue weighted by molar-refractivity contribution is 5.72. The summed E-state index contributed by atoms with van der Waals surface area (Å²) in [5.41, 5.74) is 0. The summed E-state index contributed by atoms with van der Waals surface area (Å²) in [6.07, 6.45) is 0.117. The van der Waals surface area contributed by atoms with Crippen molar-refractivity contribution in [2.24, 2.45) is 5.92 Å². The molecule has 0 spiro atoms. The summed E-state index contributed by atoms with van der Waals surface area (Å²) in [6.45, 7) is 1.29. The number of rotatable bonds is 2. The van der Waals surface area contributed by atoms with Gasteiger partial charge in [-0.1, -0.05) is 0 Å². The molecule has 0 radical (unpaired) electrons. The lowest BCUT2D eigenvalue weighted by Gasteiger charge is -2.31. The molecular weight excluding hydrogens is 200 g/mol. The second-order valence-electron chi connectivity index (χ2n) is 3.75. The molecule has 0 unspecified atom stereocenters. The van der Waals surface area contributed by atoms with E-state index in [4.69, 9.17) is 4.74 Å². The monoisotopic (exact) mass is 216 g/mol. The molecule has 1 N–H and O–H groups in total. The molecule has 0 aliphatic heterocycles. The molecule has 0 aromatic heterocycles. The van der Waals surface area contributed by atoms with Crippen LogP contribution in [0.2, 0.25) is 0 Å². The molecule has 15 heavy (non-hydrogen) atoms. The van der Waals surface area contributed by atoms with E-state index in [2.05, 4.69) is 4.74 Å². The van der Waals surface area contributed by atoms with Crippen molar-refractivity contribution < 1.29 is 24.2 Å². The third-order valence-electron chi connectivity index (χ3n) is 2.61. The zero-order chi connectivity index (χ0) is 11.4. The number of carbonyl (C=O) groups excluding carboxylic acids is 2. The van der Waals surface area contributed by atoms with E-state index in [-0.39, 0.29) is 11.9 Å². The normalized spacial score (nSPS) is 30.7. The Kier molecular flexibility index (Phi) is 4.08. The van der Waals surface area contributed by atoms with Gasteiger partial charge in [0.25, 0.3) is 0 Å². The first-order chi connectivity index (χ1) is 7.04. The van der Waals surface area contributed by atoms with Crippen LogP contribution in [0.3, 0.4) is 0 Å². The van der Waals surface area contributed by atoms with Gasteiger partial charge >= 0.3 is 11.9 Å². The Morgan fingerprint density at radius 1 is 1.33 bits per heavy atom. The average Bonchev–Trinajstić information content (AvgIpc) is 2.19. The van der Waals surface area contributed by atoms with Crippen LogP contribution in [0.4, 0.5) is 0 Å². The van der Waals surface area contributed by atoms with Crippen molar-refractivity contribution in [1.29, 1.82) is 0 Å². The van der Waals surface area contributed by atoms with E-state index < -0.39 is 18.2 Å². The van der Waals surface area contributed by atoms with Gasteiger partial charge in [-0.25, -0.2) is 0 Å². The number of esters is 2. The van der Waals surface area contributed by atoms with Gasteiger partial charge in [0.2, 0.25) is 0 Å². The quantitative estimate of drug-likeness (QED) is 0.670. The Hall–Kier alpha value is -1.10. The van der Waals surface area contributed by atoms with Crippen LogP contribution >= 0.6 is 0 Å². The summed E-state index contributed by atoms with van der Waals surface area (Å²) < 4.78 is 9.55. The van der Waals surface area contributed by atoms with Crippen molar-refractivity contribution in [3.63, 3.8) is 0 Å². The fraction of sp³-hybridized carbons (Fsp3) is 0.800. The topological polar surface area (TPSA) is 72.8 Å². The van der Waals surface area contributed by atoms with Crippen LogP contribution in [0.5, 0.6) is 0 Å². The molecule has 1 saturated carbocycles. The fourth-order valence-corrected chi connectivity index (χ4v) is 1.83. The lowest BCUT2D eigenvalue weighted by Crippen LogP contribution is -2.39. The lowest BCUT2D eigenvalue weighted by molar-refractivity contribution is -0.162. The molecule has 3 atom stereocenters. The Bertz CT molecular complexity index is 250. The van der Waals surface area contributed by atoms with Gasteiger partial charge in [-0.15, -0.1) is 0 Å². The standard InChI is InChI=1S/C10H16O5/c1-6(11)15-9-5-7(10(13)14-2)3-4-8(9)12/h7-9,12H,3-5H2,1-2H3/t7-,8+,9+/m0/s1. The maximum atomic E-state index is 11.3. The number of ether oxygens (including phenoxy) is 2. The summed E-state index contributed by atoms with van der Waals surface area (Å²) >= 11 is 0. The molecule has 1 rings (SSSR count). The van der Waals surface area contributed by atoms with Crippen molar-refractivity contribution >= 4 is 11.9 Å². The van der Waals surface area contributed by atoms with Gasteiger partial charge in [0.15, 0.2) is 0 Å². The molecular formula is C10H16O5. The first-order valence-electron chi connectivity index (χ1n) is 4.97. The minimum atomic E-state index is -0.671. The van der Waals surface area contributed by atoms with Crippen molar-refractivity contribution in [1.82, 2.24) is 0 Å². The first kappa shape index (κ1) is 12.0. The van der Waals surface area contributed by atoms with Gasteiger partial charge < -0.3 is 14.6 Å². The van der Waals surface area contributed by atoms with Crippen molar-refractivity contribution in [3.05, 3.63) is 0 Å². The van der Waals surface area contributed by atoms with Crippen LogP contribution in [-0.4, -0.2) is 36.4 Å². The van der Waals surface area contributed by atoms with Gasteiger partial charge in [-0.3, -0.25) is 9.59 Å². The average molecular weight is 216 g/mol. The highest BCUT2D eigenvalue weighted by Gasteiger charge is 2.35. The summed E-state index contributed by atoms with van der Waals surface area (Å²) in [6, 6.07) is 0. The Morgan fingerprint density at radius 2 is 2.00 bits per heavy atom. The van der Waals surface area contributed by atoms with Gasteiger partial charge in [-0.05, 0) is 12.8 Å². The van der Waals surface area contributed by atoms with E-state index in [0.29, 0.717) is 19.3 Å². The van der Waals surface area contributed by atoms with E-state index in [1.54, 1.807) is 0 Å². The number of carbonyl (C=O) groups is 2. The van der Waals surface area contributed by atoms with Crippen LogP contribution < -0.4 is 0 Å².